The van der Waals surface area contributed by atoms with Gasteiger partial charge in [0, 0.05) is 36.6 Å². The Morgan fingerprint density at radius 3 is 2.73 bits per heavy atom. The Bertz CT molecular complexity index is 1170. The molecule has 0 bridgehead atoms. The number of nitrogens with zero attached hydrogens (tertiary/aromatic N) is 3. The van der Waals surface area contributed by atoms with E-state index in [1.165, 1.54) is 5.56 Å². The molecule has 2 N–H and O–H groups in total. The Morgan fingerprint density at radius 2 is 1.93 bits per heavy atom. The lowest BCUT2D eigenvalue weighted by Gasteiger charge is -2.11. The molecule has 152 valence electrons. The maximum atomic E-state index is 12.3. The van der Waals surface area contributed by atoms with Gasteiger partial charge in [-0.15, -0.1) is 0 Å². The van der Waals surface area contributed by atoms with E-state index in [-0.39, 0.29) is 6.03 Å². The molecule has 4 rings (SSSR count). The molecule has 0 radical (unpaired) electrons. The first kappa shape index (κ1) is 19.4. The Hall–Kier alpha value is -3.87. The number of carbonyl (C=O) groups is 1. The monoisotopic (exact) mass is 401 g/mol. The number of fused-ring (bicyclic) bond motifs is 1. The largest absolute Gasteiger partial charge is 0.497 e. The van der Waals surface area contributed by atoms with E-state index in [1.807, 2.05) is 34.9 Å². The van der Waals surface area contributed by atoms with Crippen molar-refractivity contribution in [2.24, 2.45) is 0 Å². The first-order valence-corrected chi connectivity index (χ1v) is 9.71. The summed E-state index contributed by atoms with van der Waals surface area (Å²) in [7, 11) is 1.59. The standard InChI is InChI=1S/C23H23N5O2/c1-16-8-10-17(11-9-16)21-27-20-7-4-12-24-22(20)28(21)14-13-25-23(29)26-18-5-3-6-19(15-18)30-2/h3-12,15H,13-14H2,1-2H3,(H2,25,26,29). The Morgan fingerprint density at radius 1 is 1.10 bits per heavy atom. The van der Waals surface area contributed by atoms with Gasteiger partial charge in [0.25, 0.3) is 0 Å². The van der Waals surface area contributed by atoms with Crippen molar-refractivity contribution in [2.45, 2.75) is 13.5 Å². The van der Waals surface area contributed by atoms with Gasteiger partial charge in [-0.2, -0.15) is 0 Å². The zero-order valence-corrected chi connectivity index (χ0v) is 16.9. The minimum Gasteiger partial charge on any atom is -0.497 e. The second kappa shape index (κ2) is 8.65. The topological polar surface area (TPSA) is 81.1 Å². The molecule has 0 unspecified atom stereocenters. The predicted molar refractivity (Wildman–Crippen MR) is 118 cm³/mol. The number of rotatable bonds is 6. The highest BCUT2D eigenvalue weighted by molar-refractivity contribution is 5.89. The molecule has 30 heavy (non-hydrogen) atoms. The summed E-state index contributed by atoms with van der Waals surface area (Å²) in [4.78, 5) is 21.5. The molecule has 2 aromatic heterocycles. The average molecular weight is 401 g/mol. The minimum atomic E-state index is -0.280. The molecule has 0 aliphatic rings. The molecule has 0 aliphatic carbocycles. The molecule has 4 aromatic rings. The number of urea groups is 1. The summed E-state index contributed by atoms with van der Waals surface area (Å²) in [6, 6.07) is 19.0. The van der Waals surface area contributed by atoms with Gasteiger partial charge in [-0.3, -0.25) is 0 Å². The van der Waals surface area contributed by atoms with E-state index < -0.39 is 0 Å². The summed E-state index contributed by atoms with van der Waals surface area (Å²) >= 11 is 0. The van der Waals surface area contributed by atoms with Gasteiger partial charge in [-0.05, 0) is 31.2 Å². The average Bonchev–Trinajstić information content (AvgIpc) is 3.13. The zero-order chi connectivity index (χ0) is 20.9. The van der Waals surface area contributed by atoms with E-state index in [0.717, 1.165) is 22.6 Å². The van der Waals surface area contributed by atoms with Gasteiger partial charge in [0.15, 0.2) is 5.65 Å². The van der Waals surface area contributed by atoms with Crippen LogP contribution >= 0.6 is 0 Å². The second-order valence-corrected chi connectivity index (χ2v) is 6.91. The number of pyridine rings is 1. The van der Waals surface area contributed by atoms with Crippen molar-refractivity contribution in [1.29, 1.82) is 0 Å². The number of methoxy groups -OCH3 is 1. The van der Waals surface area contributed by atoms with Crippen LogP contribution in [0.15, 0.2) is 66.9 Å². The number of aryl methyl sites for hydroxylation is 1. The quantitative estimate of drug-likeness (QED) is 0.506. The van der Waals surface area contributed by atoms with Crippen LogP contribution in [0.5, 0.6) is 5.75 Å². The maximum Gasteiger partial charge on any atom is 0.319 e. The van der Waals surface area contributed by atoms with Crippen molar-refractivity contribution in [3.8, 4) is 17.1 Å². The van der Waals surface area contributed by atoms with Crippen molar-refractivity contribution in [2.75, 3.05) is 19.0 Å². The molecule has 0 saturated heterocycles. The predicted octanol–water partition coefficient (Wildman–Crippen LogP) is 4.24. The lowest BCUT2D eigenvalue weighted by molar-refractivity contribution is 0.251. The molecule has 7 heteroatoms. The van der Waals surface area contributed by atoms with Gasteiger partial charge in [-0.25, -0.2) is 14.8 Å². The molecular weight excluding hydrogens is 378 g/mol. The third-order valence-corrected chi connectivity index (χ3v) is 4.76. The summed E-state index contributed by atoms with van der Waals surface area (Å²) in [5, 5.41) is 5.71. The Labute approximate surface area is 174 Å². The van der Waals surface area contributed by atoms with E-state index in [1.54, 1.807) is 19.4 Å². The van der Waals surface area contributed by atoms with Crippen LogP contribution in [0.25, 0.3) is 22.6 Å². The van der Waals surface area contributed by atoms with Crippen LogP contribution in [0.3, 0.4) is 0 Å². The number of carbonyl (C=O) groups excluding carboxylic acids is 1. The summed E-state index contributed by atoms with van der Waals surface area (Å²) in [5.74, 6) is 1.52. The van der Waals surface area contributed by atoms with Crippen LogP contribution in [0, 0.1) is 6.92 Å². The SMILES string of the molecule is COc1cccc(NC(=O)NCCn2c(-c3ccc(C)cc3)nc3cccnc32)c1. The van der Waals surface area contributed by atoms with Crippen molar-refractivity contribution < 1.29 is 9.53 Å². The van der Waals surface area contributed by atoms with Gasteiger partial charge >= 0.3 is 6.03 Å². The van der Waals surface area contributed by atoms with Gasteiger partial charge < -0.3 is 19.9 Å². The summed E-state index contributed by atoms with van der Waals surface area (Å²) in [6.45, 7) is 3.03. The first-order valence-electron chi connectivity index (χ1n) is 9.71. The number of imidazole rings is 1. The lowest BCUT2D eigenvalue weighted by Crippen LogP contribution is -2.31. The second-order valence-electron chi connectivity index (χ2n) is 6.91. The third kappa shape index (κ3) is 4.25. The van der Waals surface area contributed by atoms with E-state index in [4.69, 9.17) is 9.72 Å². The molecule has 2 amide bonds. The molecular formula is C23H23N5O2. The first-order chi connectivity index (χ1) is 14.6. The third-order valence-electron chi connectivity index (χ3n) is 4.76. The number of aromatic nitrogens is 3. The fourth-order valence-corrected chi connectivity index (χ4v) is 3.25. The fraction of sp³-hybridized carbons (Fsp3) is 0.174. The van der Waals surface area contributed by atoms with Crippen molar-refractivity contribution >= 4 is 22.9 Å². The number of anilines is 1. The molecule has 0 fully saturated rings. The van der Waals surface area contributed by atoms with E-state index in [2.05, 4.69) is 46.8 Å². The summed E-state index contributed by atoms with van der Waals surface area (Å²) < 4.78 is 7.21. The number of amides is 2. The Balaban J connectivity index is 1.48. The zero-order valence-electron chi connectivity index (χ0n) is 16.9. The molecule has 2 heterocycles. The van der Waals surface area contributed by atoms with E-state index >= 15 is 0 Å². The van der Waals surface area contributed by atoms with E-state index in [0.29, 0.717) is 24.5 Å². The smallest absolute Gasteiger partial charge is 0.319 e. The van der Waals surface area contributed by atoms with Crippen LogP contribution in [-0.2, 0) is 6.54 Å². The van der Waals surface area contributed by atoms with Gasteiger partial charge in [0.2, 0.25) is 0 Å². The number of benzene rings is 2. The fourth-order valence-electron chi connectivity index (χ4n) is 3.25. The van der Waals surface area contributed by atoms with Crippen LogP contribution in [0.4, 0.5) is 10.5 Å². The number of hydrogen-bond donors (Lipinski definition) is 2. The maximum absolute atomic E-state index is 12.3. The van der Waals surface area contributed by atoms with Crippen molar-refractivity contribution in [1.82, 2.24) is 19.9 Å². The highest BCUT2D eigenvalue weighted by atomic mass is 16.5. The van der Waals surface area contributed by atoms with Gasteiger partial charge in [0.1, 0.15) is 17.1 Å². The molecule has 0 saturated carbocycles. The molecule has 0 aliphatic heterocycles. The summed E-state index contributed by atoms with van der Waals surface area (Å²) in [6.07, 6.45) is 1.75. The van der Waals surface area contributed by atoms with Gasteiger partial charge in [-0.1, -0.05) is 35.9 Å². The van der Waals surface area contributed by atoms with Crippen LogP contribution in [0.1, 0.15) is 5.56 Å². The molecule has 0 spiro atoms. The van der Waals surface area contributed by atoms with Crippen LogP contribution in [-0.4, -0.2) is 34.2 Å². The van der Waals surface area contributed by atoms with Crippen molar-refractivity contribution in [3.05, 3.63) is 72.4 Å². The minimum absolute atomic E-state index is 0.280. The van der Waals surface area contributed by atoms with E-state index in [9.17, 15) is 4.79 Å². The highest BCUT2D eigenvalue weighted by Gasteiger charge is 2.13. The van der Waals surface area contributed by atoms with Crippen LogP contribution in [0.2, 0.25) is 0 Å². The number of nitrogens with one attached hydrogen (secondary N) is 2. The lowest BCUT2D eigenvalue weighted by atomic mass is 10.1. The Kier molecular flexibility index (Phi) is 5.61. The highest BCUT2D eigenvalue weighted by Crippen LogP contribution is 2.24. The molecule has 0 atom stereocenters. The number of hydrogen-bond acceptors (Lipinski definition) is 4. The molecule has 2 aromatic carbocycles. The normalized spacial score (nSPS) is 10.7. The molecule has 7 nitrogen and oxygen atoms in total. The number of ether oxygens (including phenoxy) is 1. The van der Waals surface area contributed by atoms with Crippen molar-refractivity contribution in [3.63, 3.8) is 0 Å². The van der Waals surface area contributed by atoms with Crippen LogP contribution < -0.4 is 15.4 Å². The van der Waals surface area contributed by atoms with Gasteiger partial charge in [0.05, 0.1) is 7.11 Å². The summed E-state index contributed by atoms with van der Waals surface area (Å²) in [5.41, 5.74) is 4.49.